The number of hydrogen-bond donors (Lipinski definition) is 1. The molecule has 0 amide bonds. The van der Waals surface area contributed by atoms with Crippen molar-refractivity contribution in [1.29, 1.82) is 0 Å². The third-order valence-corrected chi connectivity index (χ3v) is 3.90. The fourth-order valence-electron chi connectivity index (χ4n) is 2.00. The van der Waals surface area contributed by atoms with Crippen molar-refractivity contribution in [3.63, 3.8) is 0 Å². The van der Waals surface area contributed by atoms with Crippen molar-refractivity contribution >= 4 is 22.2 Å². The molecular formula is C15H13NOS. The van der Waals surface area contributed by atoms with E-state index >= 15 is 0 Å². The summed E-state index contributed by atoms with van der Waals surface area (Å²) < 4.78 is 0. The van der Waals surface area contributed by atoms with Gasteiger partial charge in [-0.2, -0.15) is 0 Å². The molecule has 1 atom stereocenters. The third kappa shape index (κ3) is 2.28. The van der Waals surface area contributed by atoms with Crippen LogP contribution < -0.4 is 0 Å². The van der Waals surface area contributed by atoms with Crippen molar-refractivity contribution in [3.05, 3.63) is 64.5 Å². The van der Waals surface area contributed by atoms with E-state index in [0.29, 0.717) is 6.42 Å². The molecule has 1 N–H and O–H groups in total. The Balaban J connectivity index is 1.86. The van der Waals surface area contributed by atoms with Gasteiger partial charge < -0.3 is 5.11 Å². The minimum absolute atomic E-state index is 0.460. The topological polar surface area (TPSA) is 33.1 Å². The summed E-state index contributed by atoms with van der Waals surface area (Å²) in [6.07, 6.45) is 0.101. The standard InChI is InChI=1S/C15H13NOS/c17-14(15-6-3-9-18-15)10-12-8-7-11-4-1-2-5-13(11)16-12/h1-9,14,17H,10H2. The summed E-state index contributed by atoms with van der Waals surface area (Å²) in [7, 11) is 0. The summed E-state index contributed by atoms with van der Waals surface area (Å²) >= 11 is 1.58. The first-order valence-corrected chi connectivity index (χ1v) is 6.77. The molecule has 1 unspecified atom stereocenters. The molecule has 0 bridgehead atoms. The van der Waals surface area contributed by atoms with Crippen molar-refractivity contribution in [2.24, 2.45) is 0 Å². The summed E-state index contributed by atoms with van der Waals surface area (Å²) in [5.41, 5.74) is 1.91. The van der Waals surface area contributed by atoms with Crippen LogP contribution in [0.1, 0.15) is 16.7 Å². The molecule has 90 valence electrons. The molecule has 0 radical (unpaired) electrons. The van der Waals surface area contributed by atoms with Gasteiger partial charge in [-0.3, -0.25) is 4.98 Å². The van der Waals surface area contributed by atoms with E-state index in [-0.39, 0.29) is 0 Å². The van der Waals surface area contributed by atoms with Crippen molar-refractivity contribution in [3.8, 4) is 0 Å². The van der Waals surface area contributed by atoms with E-state index < -0.39 is 6.10 Å². The van der Waals surface area contributed by atoms with Crippen LogP contribution in [0.2, 0.25) is 0 Å². The van der Waals surface area contributed by atoms with Crippen molar-refractivity contribution in [2.75, 3.05) is 0 Å². The molecule has 0 aliphatic rings. The number of thiophene rings is 1. The number of aromatic nitrogens is 1. The lowest BCUT2D eigenvalue weighted by molar-refractivity contribution is 0.181. The molecule has 0 aliphatic carbocycles. The van der Waals surface area contributed by atoms with E-state index in [1.54, 1.807) is 11.3 Å². The molecule has 2 aromatic heterocycles. The zero-order valence-electron chi connectivity index (χ0n) is 9.78. The Bertz CT molecular complexity index is 648. The fraction of sp³-hybridized carbons (Fsp3) is 0.133. The number of para-hydroxylation sites is 1. The molecule has 0 saturated carbocycles. The molecule has 3 aromatic rings. The van der Waals surface area contributed by atoms with Crippen LogP contribution in [-0.4, -0.2) is 10.1 Å². The summed E-state index contributed by atoms with van der Waals surface area (Å²) in [6.45, 7) is 0. The highest BCUT2D eigenvalue weighted by Crippen LogP contribution is 2.22. The highest BCUT2D eigenvalue weighted by molar-refractivity contribution is 7.10. The second-order valence-electron chi connectivity index (χ2n) is 4.23. The number of rotatable bonds is 3. The van der Waals surface area contributed by atoms with Crippen LogP contribution in [0.5, 0.6) is 0 Å². The van der Waals surface area contributed by atoms with Gasteiger partial charge in [-0.1, -0.05) is 30.3 Å². The Morgan fingerprint density at radius 3 is 2.78 bits per heavy atom. The molecular weight excluding hydrogens is 242 g/mol. The van der Waals surface area contributed by atoms with Crippen LogP contribution in [0, 0.1) is 0 Å². The Morgan fingerprint density at radius 2 is 1.94 bits per heavy atom. The minimum Gasteiger partial charge on any atom is -0.387 e. The maximum absolute atomic E-state index is 10.1. The van der Waals surface area contributed by atoms with E-state index in [1.807, 2.05) is 47.8 Å². The molecule has 18 heavy (non-hydrogen) atoms. The zero-order valence-corrected chi connectivity index (χ0v) is 10.6. The number of hydrogen-bond acceptors (Lipinski definition) is 3. The van der Waals surface area contributed by atoms with Gasteiger partial charge in [0.15, 0.2) is 0 Å². The molecule has 2 heterocycles. The van der Waals surface area contributed by atoms with E-state index in [1.165, 1.54) is 0 Å². The molecule has 3 rings (SSSR count). The van der Waals surface area contributed by atoms with Gasteiger partial charge in [-0.15, -0.1) is 11.3 Å². The molecule has 0 aliphatic heterocycles. The molecule has 1 aromatic carbocycles. The van der Waals surface area contributed by atoms with Gasteiger partial charge in [0, 0.05) is 22.4 Å². The predicted octanol–water partition coefficient (Wildman–Crippen LogP) is 3.57. The van der Waals surface area contributed by atoms with Gasteiger partial charge >= 0.3 is 0 Å². The number of aliphatic hydroxyl groups excluding tert-OH is 1. The predicted molar refractivity (Wildman–Crippen MR) is 74.7 cm³/mol. The highest BCUT2D eigenvalue weighted by Gasteiger charge is 2.10. The van der Waals surface area contributed by atoms with Crippen LogP contribution in [0.4, 0.5) is 0 Å². The lowest BCUT2D eigenvalue weighted by atomic mass is 10.1. The Morgan fingerprint density at radius 1 is 1.06 bits per heavy atom. The van der Waals surface area contributed by atoms with E-state index in [4.69, 9.17) is 0 Å². The Hall–Kier alpha value is -1.71. The highest BCUT2D eigenvalue weighted by atomic mass is 32.1. The largest absolute Gasteiger partial charge is 0.387 e. The maximum Gasteiger partial charge on any atom is 0.0937 e. The average Bonchev–Trinajstić information content (AvgIpc) is 2.92. The minimum atomic E-state index is -0.460. The zero-order chi connectivity index (χ0) is 12.4. The number of pyridine rings is 1. The van der Waals surface area contributed by atoms with Gasteiger partial charge in [0.05, 0.1) is 11.6 Å². The van der Waals surface area contributed by atoms with E-state index in [2.05, 4.69) is 11.1 Å². The fourth-order valence-corrected chi connectivity index (χ4v) is 2.71. The number of nitrogens with zero attached hydrogens (tertiary/aromatic N) is 1. The van der Waals surface area contributed by atoms with Crippen LogP contribution >= 0.6 is 11.3 Å². The first-order valence-electron chi connectivity index (χ1n) is 5.89. The number of aliphatic hydroxyl groups is 1. The van der Waals surface area contributed by atoms with E-state index in [0.717, 1.165) is 21.5 Å². The summed E-state index contributed by atoms with van der Waals surface area (Å²) in [6, 6.07) is 16.0. The van der Waals surface area contributed by atoms with Crippen LogP contribution in [0.25, 0.3) is 10.9 Å². The molecule has 0 fully saturated rings. The monoisotopic (exact) mass is 255 g/mol. The van der Waals surface area contributed by atoms with E-state index in [9.17, 15) is 5.11 Å². The van der Waals surface area contributed by atoms with Gasteiger partial charge in [-0.05, 0) is 23.6 Å². The molecule has 3 heteroatoms. The van der Waals surface area contributed by atoms with Gasteiger partial charge in [0.2, 0.25) is 0 Å². The first kappa shape index (κ1) is 11.4. The van der Waals surface area contributed by atoms with Crippen molar-refractivity contribution < 1.29 is 5.11 Å². The quantitative estimate of drug-likeness (QED) is 0.776. The SMILES string of the molecule is OC(Cc1ccc2ccccc2n1)c1cccs1. The summed E-state index contributed by atoms with van der Waals surface area (Å²) in [4.78, 5) is 5.56. The van der Waals surface area contributed by atoms with Crippen LogP contribution in [0.3, 0.4) is 0 Å². The lowest BCUT2D eigenvalue weighted by Crippen LogP contribution is -2.01. The van der Waals surface area contributed by atoms with Crippen LogP contribution in [0.15, 0.2) is 53.9 Å². The molecule has 0 spiro atoms. The van der Waals surface area contributed by atoms with Gasteiger partial charge in [0.1, 0.15) is 0 Å². The number of benzene rings is 1. The van der Waals surface area contributed by atoms with Crippen molar-refractivity contribution in [2.45, 2.75) is 12.5 Å². The van der Waals surface area contributed by atoms with Crippen molar-refractivity contribution in [1.82, 2.24) is 4.98 Å². The Labute approximate surface area is 110 Å². The number of fused-ring (bicyclic) bond motifs is 1. The summed E-state index contributed by atoms with van der Waals surface area (Å²) in [5, 5.41) is 13.2. The van der Waals surface area contributed by atoms with Crippen LogP contribution in [-0.2, 0) is 6.42 Å². The summed E-state index contributed by atoms with van der Waals surface area (Å²) in [5.74, 6) is 0. The Kier molecular flexibility index (Phi) is 3.09. The first-order chi connectivity index (χ1) is 8.83. The second-order valence-corrected chi connectivity index (χ2v) is 5.21. The lowest BCUT2D eigenvalue weighted by Gasteiger charge is -2.08. The van der Waals surface area contributed by atoms with Gasteiger partial charge in [-0.25, -0.2) is 0 Å². The maximum atomic E-state index is 10.1. The molecule has 2 nitrogen and oxygen atoms in total. The third-order valence-electron chi connectivity index (χ3n) is 2.93. The normalized spacial score (nSPS) is 12.7. The molecule has 0 saturated heterocycles. The van der Waals surface area contributed by atoms with Gasteiger partial charge in [0.25, 0.3) is 0 Å². The smallest absolute Gasteiger partial charge is 0.0937 e. The second kappa shape index (κ2) is 4.88. The average molecular weight is 255 g/mol.